The molecular formula is C32H32N2O5. The van der Waals surface area contributed by atoms with E-state index < -0.39 is 17.6 Å². The molecule has 4 aromatic rings. The van der Waals surface area contributed by atoms with Gasteiger partial charge in [-0.2, -0.15) is 0 Å². The molecule has 1 heterocycles. The van der Waals surface area contributed by atoms with Crippen molar-refractivity contribution in [3.8, 4) is 22.5 Å². The summed E-state index contributed by atoms with van der Waals surface area (Å²) >= 11 is 0. The predicted molar refractivity (Wildman–Crippen MR) is 149 cm³/mol. The van der Waals surface area contributed by atoms with Gasteiger partial charge in [0, 0.05) is 5.56 Å². The maximum absolute atomic E-state index is 12.7. The standard InChI is InChI=1S/C32H32N2O5/c1-5-37-30(35)32(18-19-32)27-16-14-25(15-17-27)24-10-12-26(13-11-24)29-28(21(3)34-39-29)33-31(36)38-22(4)23-8-6-20(2)7-9-23/h6-17,22H,5,18-19H2,1-4H3,(H,33,36)/t22-/m1/s1. The second-order valence-corrected chi connectivity index (χ2v) is 10.0. The Morgan fingerprint density at radius 1 is 0.923 bits per heavy atom. The second-order valence-electron chi connectivity index (χ2n) is 10.0. The van der Waals surface area contributed by atoms with Gasteiger partial charge in [0.2, 0.25) is 0 Å². The number of esters is 1. The molecule has 0 aliphatic heterocycles. The van der Waals surface area contributed by atoms with Crippen molar-refractivity contribution in [3.63, 3.8) is 0 Å². The smallest absolute Gasteiger partial charge is 0.412 e. The lowest BCUT2D eigenvalue weighted by atomic mass is 9.93. The van der Waals surface area contributed by atoms with Gasteiger partial charge >= 0.3 is 12.1 Å². The van der Waals surface area contributed by atoms with Crippen LogP contribution in [0.1, 0.15) is 55.2 Å². The summed E-state index contributed by atoms with van der Waals surface area (Å²) in [6.45, 7) is 7.83. The molecule has 1 atom stereocenters. The van der Waals surface area contributed by atoms with Gasteiger partial charge in [-0.1, -0.05) is 83.5 Å². The van der Waals surface area contributed by atoms with E-state index in [0.29, 0.717) is 23.7 Å². The van der Waals surface area contributed by atoms with Crippen LogP contribution >= 0.6 is 0 Å². The van der Waals surface area contributed by atoms with E-state index in [2.05, 4.69) is 10.5 Å². The minimum Gasteiger partial charge on any atom is -0.465 e. The van der Waals surface area contributed by atoms with Gasteiger partial charge in [-0.25, -0.2) is 4.79 Å². The molecule has 200 valence electrons. The van der Waals surface area contributed by atoms with Gasteiger partial charge < -0.3 is 14.0 Å². The number of aryl methyl sites for hydroxylation is 2. The summed E-state index contributed by atoms with van der Waals surface area (Å²) in [6, 6.07) is 23.8. The number of ether oxygens (including phenoxy) is 2. The Labute approximate surface area is 228 Å². The molecule has 1 saturated carbocycles. The Hall–Kier alpha value is -4.39. The number of benzene rings is 3. The average molecular weight is 525 g/mol. The minimum atomic E-state index is -0.580. The van der Waals surface area contributed by atoms with Crippen molar-refractivity contribution in [1.29, 1.82) is 0 Å². The third-order valence-corrected chi connectivity index (χ3v) is 7.25. The largest absolute Gasteiger partial charge is 0.465 e. The summed E-state index contributed by atoms with van der Waals surface area (Å²) in [4.78, 5) is 25.1. The van der Waals surface area contributed by atoms with Crippen LogP contribution in [0.25, 0.3) is 22.5 Å². The topological polar surface area (TPSA) is 90.7 Å². The fourth-order valence-corrected chi connectivity index (χ4v) is 4.71. The second kappa shape index (κ2) is 10.8. The van der Waals surface area contributed by atoms with Gasteiger partial charge in [0.25, 0.3) is 0 Å². The van der Waals surface area contributed by atoms with Crippen molar-refractivity contribution < 1.29 is 23.6 Å². The highest BCUT2D eigenvalue weighted by Gasteiger charge is 2.52. The number of amides is 1. The zero-order chi connectivity index (χ0) is 27.6. The fraction of sp³-hybridized carbons (Fsp3) is 0.281. The van der Waals surface area contributed by atoms with Crippen LogP contribution in [-0.4, -0.2) is 23.8 Å². The Balaban J connectivity index is 1.28. The van der Waals surface area contributed by atoms with E-state index in [0.717, 1.165) is 46.2 Å². The quantitative estimate of drug-likeness (QED) is 0.240. The van der Waals surface area contributed by atoms with Gasteiger partial charge in [0.05, 0.1) is 12.0 Å². The Kier molecular flexibility index (Phi) is 7.24. The van der Waals surface area contributed by atoms with Crippen LogP contribution in [0, 0.1) is 13.8 Å². The summed E-state index contributed by atoms with van der Waals surface area (Å²) < 4.78 is 16.4. The van der Waals surface area contributed by atoms with Crippen molar-refractivity contribution >= 4 is 17.7 Å². The Morgan fingerprint density at radius 2 is 1.51 bits per heavy atom. The van der Waals surface area contributed by atoms with Gasteiger partial charge in [-0.05, 0) is 62.8 Å². The number of hydrogen-bond acceptors (Lipinski definition) is 6. The molecule has 1 aromatic heterocycles. The van der Waals surface area contributed by atoms with E-state index in [1.165, 1.54) is 0 Å². The monoisotopic (exact) mass is 524 g/mol. The van der Waals surface area contributed by atoms with Crippen LogP contribution in [0.2, 0.25) is 0 Å². The van der Waals surface area contributed by atoms with Crippen LogP contribution < -0.4 is 5.32 Å². The molecule has 0 spiro atoms. The molecule has 0 radical (unpaired) electrons. The van der Waals surface area contributed by atoms with Crippen LogP contribution in [0.3, 0.4) is 0 Å². The van der Waals surface area contributed by atoms with E-state index >= 15 is 0 Å². The molecule has 7 heteroatoms. The number of nitrogens with one attached hydrogen (secondary N) is 1. The SMILES string of the molecule is CCOC(=O)C1(c2ccc(-c3ccc(-c4onc(C)c4NC(=O)O[C@H](C)c4ccc(C)cc4)cc3)cc2)CC1. The van der Waals surface area contributed by atoms with Crippen LogP contribution in [-0.2, 0) is 19.7 Å². The highest BCUT2D eigenvalue weighted by Crippen LogP contribution is 2.49. The zero-order valence-corrected chi connectivity index (χ0v) is 22.6. The third kappa shape index (κ3) is 5.43. The minimum absolute atomic E-state index is 0.137. The normalized spacial score (nSPS) is 14.4. The molecule has 1 aliphatic rings. The summed E-state index contributed by atoms with van der Waals surface area (Å²) in [5, 5.41) is 6.86. The first-order chi connectivity index (χ1) is 18.8. The summed E-state index contributed by atoms with van der Waals surface area (Å²) in [5.41, 5.74) is 6.43. The van der Waals surface area contributed by atoms with Crippen molar-refractivity contribution in [2.24, 2.45) is 0 Å². The first-order valence-electron chi connectivity index (χ1n) is 13.2. The van der Waals surface area contributed by atoms with E-state index in [1.807, 2.05) is 93.6 Å². The number of rotatable bonds is 8. The van der Waals surface area contributed by atoms with E-state index in [1.54, 1.807) is 6.92 Å². The average Bonchev–Trinajstić information content (AvgIpc) is 3.68. The molecule has 7 nitrogen and oxygen atoms in total. The molecule has 1 amide bonds. The molecular weight excluding hydrogens is 492 g/mol. The number of nitrogens with zero attached hydrogens (tertiary/aromatic N) is 1. The van der Waals surface area contributed by atoms with E-state index in [9.17, 15) is 9.59 Å². The fourth-order valence-electron chi connectivity index (χ4n) is 4.71. The maximum Gasteiger partial charge on any atom is 0.412 e. The number of anilines is 1. The van der Waals surface area contributed by atoms with Crippen LogP contribution in [0.5, 0.6) is 0 Å². The molecule has 0 unspecified atom stereocenters. The van der Waals surface area contributed by atoms with Crippen molar-refractivity contribution in [3.05, 3.63) is 95.2 Å². The molecule has 5 rings (SSSR count). The Morgan fingerprint density at radius 3 is 2.10 bits per heavy atom. The lowest BCUT2D eigenvalue weighted by molar-refractivity contribution is -0.146. The summed E-state index contributed by atoms with van der Waals surface area (Å²) in [6.07, 6.45) is 0.659. The third-order valence-electron chi connectivity index (χ3n) is 7.25. The lowest BCUT2D eigenvalue weighted by Gasteiger charge is -2.15. The summed E-state index contributed by atoms with van der Waals surface area (Å²) in [7, 11) is 0. The van der Waals surface area contributed by atoms with Gasteiger partial charge in [-0.3, -0.25) is 10.1 Å². The highest BCUT2D eigenvalue weighted by atomic mass is 16.6. The first-order valence-corrected chi connectivity index (χ1v) is 13.2. The Bertz CT molecular complexity index is 1470. The number of hydrogen-bond donors (Lipinski definition) is 1. The first kappa shape index (κ1) is 26.2. The lowest BCUT2D eigenvalue weighted by Crippen LogP contribution is -2.23. The number of carbonyl (C=O) groups excluding carboxylic acids is 2. The molecule has 1 aliphatic carbocycles. The molecule has 0 bridgehead atoms. The van der Waals surface area contributed by atoms with E-state index in [-0.39, 0.29) is 5.97 Å². The van der Waals surface area contributed by atoms with E-state index in [4.69, 9.17) is 14.0 Å². The van der Waals surface area contributed by atoms with Gasteiger partial charge in [0.1, 0.15) is 17.5 Å². The van der Waals surface area contributed by atoms with Crippen LogP contribution in [0.4, 0.5) is 10.5 Å². The van der Waals surface area contributed by atoms with Crippen molar-refractivity contribution in [2.75, 3.05) is 11.9 Å². The summed E-state index contributed by atoms with van der Waals surface area (Å²) in [5.74, 6) is 0.321. The van der Waals surface area contributed by atoms with Crippen molar-refractivity contribution in [1.82, 2.24) is 5.16 Å². The molecule has 1 N–H and O–H groups in total. The highest BCUT2D eigenvalue weighted by molar-refractivity contribution is 5.91. The molecule has 39 heavy (non-hydrogen) atoms. The van der Waals surface area contributed by atoms with Crippen molar-refractivity contribution in [2.45, 2.75) is 52.1 Å². The predicted octanol–water partition coefficient (Wildman–Crippen LogP) is 7.53. The van der Waals surface area contributed by atoms with Gasteiger partial charge in [-0.15, -0.1) is 0 Å². The maximum atomic E-state index is 12.7. The van der Waals surface area contributed by atoms with Gasteiger partial charge in [0.15, 0.2) is 5.76 Å². The number of carbonyl (C=O) groups is 2. The molecule has 0 saturated heterocycles. The number of aromatic nitrogens is 1. The molecule has 1 fully saturated rings. The molecule has 3 aromatic carbocycles. The zero-order valence-electron chi connectivity index (χ0n) is 22.6. The van der Waals surface area contributed by atoms with Crippen LogP contribution in [0.15, 0.2) is 77.3 Å².